The van der Waals surface area contributed by atoms with Crippen molar-refractivity contribution in [1.82, 2.24) is 15.0 Å². The van der Waals surface area contributed by atoms with Gasteiger partial charge < -0.3 is 19.9 Å². The standard InChI is InChI=1S/C22H33ClN6O/c1-5-17(6-2)28(3)21-25-20(24-16-11-12-19(30-4)18(23)15-16)26-22(27-21)29-13-9-7-8-10-14-29/h11-12,15,17H,5-10,13-14H2,1-4H3,(H,24,25,26,27). The third kappa shape index (κ3) is 5.45. The quantitative estimate of drug-likeness (QED) is 0.608. The van der Waals surface area contributed by atoms with E-state index >= 15 is 0 Å². The molecule has 1 N–H and O–H groups in total. The molecule has 0 aliphatic carbocycles. The van der Waals surface area contributed by atoms with E-state index in [2.05, 4.69) is 36.0 Å². The number of anilines is 4. The number of nitrogens with zero attached hydrogens (tertiary/aromatic N) is 5. The van der Waals surface area contributed by atoms with Crippen LogP contribution in [-0.2, 0) is 0 Å². The molecule has 1 aromatic carbocycles. The fourth-order valence-corrected chi connectivity index (χ4v) is 4.11. The van der Waals surface area contributed by atoms with Crippen LogP contribution in [0.15, 0.2) is 18.2 Å². The summed E-state index contributed by atoms with van der Waals surface area (Å²) < 4.78 is 5.25. The fourth-order valence-electron chi connectivity index (χ4n) is 3.85. The maximum Gasteiger partial charge on any atom is 0.233 e. The van der Waals surface area contributed by atoms with E-state index in [9.17, 15) is 0 Å². The predicted molar refractivity (Wildman–Crippen MR) is 125 cm³/mol. The zero-order valence-electron chi connectivity index (χ0n) is 18.5. The molecule has 1 aliphatic rings. The van der Waals surface area contributed by atoms with Gasteiger partial charge in [0.2, 0.25) is 17.8 Å². The number of rotatable bonds is 8. The molecular formula is C22H33ClN6O. The largest absolute Gasteiger partial charge is 0.495 e. The van der Waals surface area contributed by atoms with Gasteiger partial charge in [-0.15, -0.1) is 0 Å². The third-order valence-electron chi connectivity index (χ3n) is 5.71. The van der Waals surface area contributed by atoms with Crippen molar-refractivity contribution >= 4 is 35.1 Å². The number of halogens is 1. The Balaban J connectivity index is 1.94. The van der Waals surface area contributed by atoms with Crippen LogP contribution >= 0.6 is 11.6 Å². The number of nitrogens with one attached hydrogen (secondary N) is 1. The van der Waals surface area contributed by atoms with E-state index in [0.29, 0.717) is 28.7 Å². The Morgan fingerprint density at radius 1 is 1.10 bits per heavy atom. The molecule has 0 saturated carbocycles. The van der Waals surface area contributed by atoms with Crippen LogP contribution in [0.25, 0.3) is 0 Å². The van der Waals surface area contributed by atoms with Crippen LogP contribution in [0.2, 0.25) is 5.02 Å². The van der Waals surface area contributed by atoms with Gasteiger partial charge in [-0.1, -0.05) is 38.3 Å². The summed E-state index contributed by atoms with van der Waals surface area (Å²) in [5.74, 6) is 2.59. The summed E-state index contributed by atoms with van der Waals surface area (Å²) in [4.78, 5) is 18.8. The van der Waals surface area contributed by atoms with Crippen LogP contribution in [0.5, 0.6) is 5.75 Å². The number of benzene rings is 1. The number of hydrogen-bond donors (Lipinski definition) is 1. The first-order valence-electron chi connectivity index (χ1n) is 10.9. The molecule has 0 bridgehead atoms. The Labute approximate surface area is 184 Å². The summed E-state index contributed by atoms with van der Waals surface area (Å²) in [6.45, 7) is 6.35. The molecule has 0 spiro atoms. The SMILES string of the molecule is CCC(CC)N(C)c1nc(Nc2ccc(OC)c(Cl)c2)nc(N2CCCCCC2)n1. The van der Waals surface area contributed by atoms with E-state index in [1.165, 1.54) is 25.7 Å². The van der Waals surface area contributed by atoms with Gasteiger partial charge >= 0.3 is 0 Å². The van der Waals surface area contributed by atoms with E-state index in [0.717, 1.165) is 37.6 Å². The van der Waals surface area contributed by atoms with E-state index in [1.54, 1.807) is 7.11 Å². The highest BCUT2D eigenvalue weighted by molar-refractivity contribution is 6.32. The Morgan fingerprint density at radius 2 is 1.80 bits per heavy atom. The molecule has 1 aliphatic heterocycles. The zero-order chi connectivity index (χ0) is 21.5. The zero-order valence-corrected chi connectivity index (χ0v) is 19.2. The Hall–Kier alpha value is -2.28. The molecule has 1 fully saturated rings. The summed E-state index contributed by atoms with van der Waals surface area (Å²) in [6.07, 6.45) is 6.93. The first-order valence-corrected chi connectivity index (χ1v) is 11.3. The molecule has 2 aromatic rings. The highest BCUT2D eigenvalue weighted by Gasteiger charge is 2.20. The minimum absolute atomic E-state index is 0.382. The summed E-state index contributed by atoms with van der Waals surface area (Å²) in [7, 11) is 3.67. The monoisotopic (exact) mass is 432 g/mol. The predicted octanol–water partition coefficient (Wildman–Crippen LogP) is 5.28. The average molecular weight is 433 g/mol. The summed E-state index contributed by atoms with van der Waals surface area (Å²) in [5.41, 5.74) is 0.810. The van der Waals surface area contributed by atoms with Gasteiger partial charge in [-0.05, 0) is 43.9 Å². The minimum atomic E-state index is 0.382. The van der Waals surface area contributed by atoms with Crippen molar-refractivity contribution < 1.29 is 4.74 Å². The highest BCUT2D eigenvalue weighted by Crippen LogP contribution is 2.29. The van der Waals surface area contributed by atoms with Crippen LogP contribution in [0.1, 0.15) is 52.4 Å². The lowest BCUT2D eigenvalue weighted by atomic mass is 10.1. The molecule has 0 atom stereocenters. The van der Waals surface area contributed by atoms with E-state index in [1.807, 2.05) is 18.2 Å². The van der Waals surface area contributed by atoms with Crippen LogP contribution in [0.4, 0.5) is 23.5 Å². The summed E-state index contributed by atoms with van der Waals surface area (Å²) in [6, 6.07) is 5.94. The Morgan fingerprint density at radius 3 is 2.40 bits per heavy atom. The van der Waals surface area contributed by atoms with Gasteiger partial charge in [0.15, 0.2) is 0 Å². The topological polar surface area (TPSA) is 66.4 Å². The molecule has 3 rings (SSSR count). The number of ether oxygens (including phenoxy) is 1. The van der Waals surface area contributed by atoms with Crippen molar-refractivity contribution in [3.63, 3.8) is 0 Å². The van der Waals surface area contributed by atoms with Gasteiger partial charge in [0.05, 0.1) is 12.1 Å². The molecule has 30 heavy (non-hydrogen) atoms. The first-order chi connectivity index (χ1) is 14.5. The van der Waals surface area contributed by atoms with Gasteiger partial charge in [0.25, 0.3) is 0 Å². The van der Waals surface area contributed by atoms with Crippen molar-refractivity contribution in [2.75, 3.05) is 42.4 Å². The van der Waals surface area contributed by atoms with Gasteiger partial charge in [0, 0.05) is 31.9 Å². The van der Waals surface area contributed by atoms with Gasteiger partial charge in [0.1, 0.15) is 5.75 Å². The van der Waals surface area contributed by atoms with Crippen molar-refractivity contribution in [3.05, 3.63) is 23.2 Å². The van der Waals surface area contributed by atoms with Gasteiger partial charge in [-0.2, -0.15) is 15.0 Å². The van der Waals surface area contributed by atoms with Crippen molar-refractivity contribution in [2.45, 2.75) is 58.4 Å². The van der Waals surface area contributed by atoms with E-state index < -0.39 is 0 Å². The van der Waals surface area contributed by atoms with Crippen molar-refractivity contribution in [2.24, 2.45) is 0 Å². The Bertz CT molecular complexity index is 801. The van der Waals surface area contributed by atoms with Gasteiger partial charge in [-0.25, -0.2) is 0 Å². The molecule has 0 unspecified atom stereocenters. The van der Waals surface area contributed by atoms with Crippen LogP contribution < -0.4 is 19.9 Å². The van der Waals surface area contributed by atoms with Crippen LogP contribution in [0, 0.1) is 0 Å². The molecule has 0 radical (unpaired) electrons. The fraction of sp³-hybridized carbons (Fsp3) is 0.591. The summed E-state index contributed by atoms with van der Waals surface area (Å²) in [5, 5.41) is 3.85. The number of aromatic nitrogens is 3. The molecule has 8 heteroatoms. The lowest BCUT2D eigenvalue weighted by molar-refractivity contribution is 0.415. The normalized spacial score (nSPS) is 14.5. The number of hydrogen-bond acceptors (Lipinski definition) is 7. The van der Waals surface area contributed by atoms with Crippen LogP contribution in [-0.4, -0.2) is 48.2 Å². The Kier molecular flexibility index (Phi) is 7.96. The van der Waals surface area contributed by atoms with E-state index in [-0.39, 0.29) is 0 Å². The second-order valence-corrected chi connectivity index (χ2v) is 8.12. The lowest BCUT2D eigenvalue weighted by Gasteiger charge is -2.28. The maximum absolute atomic E-state index is 6.29. The molecule has 1 aromatic heterocycles. The molecule has 1 saturated heterocycles. The summed E-state index contributed by atoms with van der Waals surface area (Å²) >= 11 is 6.29. The molecule has 0 amide bonds. The minimum Gasteiger partial charge on any atom is -0.495 e. The smallest absolute Gasteiger partial charge is 0.233 e. The second-order valence-electron chi connectivity index (χ2n) is 7.72. The molecule has 164 valence electrons. The van der Waals surface area contributed by atoms with Crippen LogP contribution in [0.3, 0.4) is 0 Å². The van der Waals surface area contributed by atoms with E-state index in [4.69, 9.17) is 31.3 Å². The van der Waals surface area contributed by atoms with Crippen molar-refractivity contribution in [1.29, 1.82) is 0 Å². The first kappa shape index (κ1) is 22.4. The van der Waals surface area contributed by atoms with Gasteiger partial charge in [-0.3, -0.25) is 0 Å². The second kappa shape index (κ2) is 10.7. The maximum atomic E-state index is 6.29. The third-order valence-corrected chi connectivity index (χ3v) is 6.01. The molecular weight excluding hydrogens is 400 g/mol. The molecule has 7 nitrogen and oxygen atoms in total. The average Bonchev–Trinajstić information content (AvgIpc) is 3.04. The lowest BCUT2D eigenvalue weighted by Crippen LogP contribution is -2.33. The molecule has 2 heterocycles. The van der Waals surface area contributed by atoms with Crippen molar-refractivity contribution in [3.8, 4) is 5.75 Å². The highest BCUT2D eigenvalue weighted by atomic mass is 35.5. The number of methoxy groups -OCH3 is 1.